The molecule has 0 aliphatic rings. The van der Waals surface area contributed by atoms with Crippen molar-refractivity contribution in [2.24, 2.45) is 0 Å². The van der Waals surface area contributed by atoms with Crippen LogP contribution < -0.4 is 0 Å². The molecule has 0 spiro atoms. The third kappa shape index (κ3) is 3.02. The van der Waals surface area contributed by atoms with Crippen LogP contribution in [-0.4, -0.2) is 68.3 Å². The molecule has 6 heteroatoms. The fourth-order valence-corrected chi connectivity index (χ4v) is 0.671. The van der Waals surface area contributed by atoms with Crippen molar-refractivity contribution in [2.45, 2.75) is 24.4 Å². The molecule has 4 atom stereocenters. The molecule has 6 nitrogen and oxygen atoms in total. The van der Waals surface area contributed by atoms with Crippen LogP contribution in [0.2, 0.25) is 0 Å². The molecular formula is C6H14O6. The van der Waals surface area contributed by atoms with E-state index in [1.165, 1.54) is 0 Å². The Bertz CT molecular complexity index is 105. The van der Waals surface area contributed by atoms with Crippen molar-refractivity contribution in [3.05, 3.63) is 0 Å². The molecule has 0 radical (unpaired) electrons. The Morgan fingerprint density at radius 1 is 0.667 bits per heavy atom. The Balaban J connectivity index is 3.99. The molecule has 74 valence electrons. The van der Waals surface area contributed by atoms with Gasteiger partial charge >= 0.3 is 0 Å². The topological polar surface area (TPSA) is 121 Å². The zero-order valence-electron chi connectivity index (χ0n) is 6.41. The highest BCUT2D eigenvalue weighted by Crippen LogP contribution is 2.03. The van der Waals surface area contributed by atoms with Gasteiger partial charge in [0.15, 0.2) is 0 Å². The van der Waals surface area contributed by atoms with Crippen molar-refractivity contribution in [1.29, 1.82) is 0 Å². The molecule has 0 aromatic carbocycles. The lowest BCUT2D eigenvalue weighted by molar-refractivity contribution is -0.123. The summed E-state index contributed by atoms with van der Waals surface area (Å²) in [6.45, 7) is -1.45. The summed E-state index contributed by atoms with van der Waals surface area (Å²) in [6.07, 6.45) is -6.39. The predicted octanol–water partition coefficient (Wildman–Crippen LogP) is -3.59. The van der Waals surface area contributed by atoms with Gasteiger partial charge < -0.3 is 30.6 Å². The van der Waals surface area contributed by atoms with E-state index in [1.54, 1.807) is 0 Å². The molecule has 0 fully saturated rings. The Kier molecular flexibility index (Phi) is 5.31. The summed E-state index contributed by atoms with van der Waals surface area (Å²) >= 11 is 0. The molecule has 0 aliphatic heterocycles. The zero-order valence-corrected chi connectivity index (χ0v) is 6.41. The lowest BCUT2D eigenvalue weighted by Crippen LogP contribution is -2.46. The van der Waals surface area contributed by atoms with Crippen molar-refractivity contribution in [1.82, 2.24) is 0 Å². The summed E-state index contributed by atoms with van der Waals surface area (Å²) in [4.78, 5) is 0. The van der Waals surface area contributed by atoms with Gasteiger partial charge in [-0.05, 0) is 0 Å². The van der Waals surface area contributed by atoms with Crippen LogP contribution in [-0.2, 0) is 0 Å². The average molecular weight is 183 g/mol. The van der Waals surface area contributed by atoms with Crippen molar-refractivity contribution in [3.63, 3.8) is 0 Å². The first-order chi connectivity index (χ1) is 5.54. The van der Waals surface area contributed by atoms with Crippen LogP contribution >= 0.6 is 0 Å². The van der Waals surface area contributed by atoms with E-state index in [0.717, 1.165) is 0 Å². The molecule has 6 N–H and O–H groups in total. The van der Waals surface area contributed by atoms with Gasteiger partial charge in [-0.25, -0.2) is 0 Å². The van der Waals surface area contributed by atoms with E-state index in [0.29, 0.717) is 0 Å². The highest BCUT2D eigenvalue weighted by molar-refractivity contribution is 4.79. The van der Waals surface area contributed by atoms with Gasteiger partial charge in [0.1, 0.15) is 24.4 Å². The smallest absolute Gasteiger partial charge is 0.111 e. The van der Waals surface area contributed by atoms with Crippen molar-refractivity contribution >= 4 is 0 Å². The number of hydrogen-bond acceptors (Lipinski definition) is 6. The molecule has 0 saturated heterocycles. The normalized spacial score (nSPS) is 21.5. The Morgan fingerprint density at radius 2 is 0.917 bits per heavy atom. The van der Waals surface area contributed by atoms with Gasteiger partial charge in [-0.3, -0.25) is 0 Å². The first-order valence-electron chi connectivity index (χ1n) is 3.48. The molecule has 0 aliphatic carbocycles. The van der Waals surface area contributed by atoms with E-state index in [9.17, 15) is 0 Å². The third-order valence-electron chi connectivity index (χ3n) is 1.51. The van der Waals surface area contributed by atoms with Crippen LogP contribution in [0, 0.1) is 0 Å². The Hall–Kier alpha value is -0.240. The maximum atomic E-state index is 8.96. The van der Waals surface area contributed by atoms with Crippen LogP contribution in [0.5, 0.6) is 0 Å². The van der Waals surface area contributed by atoms with Crippen LogP contribution in [0.4, 0.5) is 0 Å². The van der Waals surface area contributed by atoms with Gasteiger partial charge in [-0.15, -0.1) is 0 Å². The van der Waals surface area contributed by atoms with E-state index in [1.807, 2.05) is 0 Å². The maximum absolute atomic E-state index is 8.96. The minimum Gasteiger partial charge on any atom is -0.394 e. The zero-order chi connectivity index (χ0) is 9.72. The van der Waals surface area contributed by atoms with Crippen molar-refractivity contribution in [3.8, 4) is 0 Å². The first kappa shape index (κ1) is 11.8. The Morgan fingerprint density at radius 3 is 1.08 bits per heavy atom. The summed E-state index contributed by atoms with van der Waals surface area (Å²) in [7, 11) is 0. The Labute approximate surface area is 69.3 Å². The highest BCUT2D eigenvalue weighted by Gasteiger charge is 2.29. The second-order valence-corrected chi connectivity index (χ2v) is 2.48. The average Bonchev–Trinajstić information content (AvgIpc) is 2.12. The lowest BCUT2D eigenvalue weighted by Gasteiger charge is -2.24. The van der Waals surface area contributed by atoms with Gasteiger partial charge in [0, 0.05) is 0 Å². The van der Waals surface area contributed by atoms with Crippen LogP contribution in [0.25, 0.3) is 0 Å². The van der Waals surface area contributed by atoms with Crippen molar-refractivity contribution in [2.75, 3.05) is 13.2 Å². The minimum absolute atomic E-state index is 0.726. The highest BCUT2D eigenvalue weighted by atomic mass is 16.4. The molecule has 12 heavy (non-hydrogen) atoms. The number of hydrogen-bond donors (Lipinski definition) is 6. The third-order valence-corrected chi connectivity index (χ3v) is 1.51. The molecule has 0 amide bonds. The summed E-state index contributed by atoms with van der Waals surface area (Å²) in [5.74, 6) is 0. The molecule has 0 bridgehead atoms. The number of aliphatic hydroxyl groups is 6. The minimum atomic E-state index is -1.67. The SMILES string of the molecule is OCC(O)C(O)C(O)[13CH](O)CO. The van der Waals surface area contributed by atoms with E-state index in [4.69, 9.17) is 30.6 Å². The van der Waals surface area contributed by atoms with E-state index < -0.39 is 37.6 Å². The molecule has 0 saturated carbocycles. The van der Waals surface area contributed by atoms with Gasteiger partial charge in [0.2, 0.25) is 0 Å². The summed E-state index contributed by atoms with van der Waals surface area (Å²) in [5.41, 5.74) is 0. The van der Waals surface area contributed by atoms with Crippen LogP contribution in [0.1, 0.15) is 0 Å². The second-order valence-electron chi connectivity index (χ2n) is 2.48. The van der Waals surface area contributed by atoms with Gasteiger partial charge in [0.25, 0.3) is 0 Å². The van der Waals surface area contributed by atoms with E-state index >= 15 is 0 Å². The predicted molar refractivity (Wildman–Crippen MR) is 38.2 cm³/mol. The summed E-state index contributed by atoms with van der Waals surface area (Å²) in [5, 5.41) is 52.2. The lowest BCUT2D eigenvalue weighted by atomic mass is 10.1. The number of rotatable bonds is 5. The summed E-state index contributed by atoms with van der Waals surface area (Å²) in [6, 6.07) is 0. The molecule has 4 unspecified atom stereocenters. The molecule has 0 aromatic heterocycles. The standard InChI is InChI=1S/C6H14O6/c7-1-3(9)5(11)6(12)4(10)2-8/h3-12H,1-2H2/i3+1. The largest absolute Gasteiger partial charge is 0.394 e. The van der Waals surface area contributed by atoms with Gasteiger partial charge in [-0.1, -0.05) is 0 Å². The monoisotopic (exact) mass is 183 g/mol. The molecule has 0 heterocycles. The quantitative estimate of drug-likeness (QED) is 0.245. The van der Waals surface area contributed by atoms with Crippen molar-refractivity contribution < 1.29 is 30.6 Å². The molecule has 0 rings (SSSR count). The number of aliphatic hydroxyl groups excluding tert-OH is 6. The van der Waals surface area contributed by atoms with E-state index in [2.05, 4.69) is 0 Å². The van der Waals surface area contributed by atoms with E-state index in [-0.39, 0.29) is 0 Å². The molecule has 0 aromatic rings. The van der Waals surface area contributed by atoms with Gasteiger partial charge in [0.05, 0.1) is 13.2 Å². The summed E-state index contributed by atoms with van der Waals surface area (Å²) < 4.78 is 0. The second kappa shape index (κ2) is 5.41. The first-order valence-corrected chi connectivity index (χ1v) is 3.48. The van der Waals surface area contributed by atoms with Crippen LogP contribution in [0.3, 0.4) is 0 Å². The van der Waals surface area contributed by atoms with Crippen LogP contribution in [0.15, 0.2) is 0 Å². The fraction of sp³-hybridized carbons (Fsp3) is 1.00. The van der Waals surface area contributed by atoms with Gasteiger partial charge in [-0.2, -0.15) is 0 Å². The fourth-order valence-electron chi connectivity index (χ4n) is 0.671. The maximum Gasteiger partial charge on any atom is 0.111 e. The molecular weight excluding hydrogens is 169 g/mol.